The van der Waals surface area contributed by atoms with Crippen LogP contribution < -0.4 is 4.74 Å². The summed E-state index contributed by atoms with van der Waals surface area (Å²) in [5.41, 5.74) is 1.06. The van der Waals surface area contributed by atoms with E-state index >= 15 is 0 Å². The van der Waals surface area contributed by atoms with Crippen LogP contribution in [0.25, 0.3) is 0 Å². The highest BCUT2D eigenvalue weighted by molar-refractivity contribution is 8.00. The molecule has 1 amide bonds. The van der Waals surface area contributed by atoms with Crippen LogP contribution in [0.5, 0.6) is 5.75 Å². The lowest BCUT2D eigenvalue weighted by Gasteiger charge is -2.17. The Balaban J connectivity index is 1.84. The predicted molar refractivity (Wildman–Crippen MR) is 91.6 cm³/mol. The summed E-state index contributed by atoms with van der Waals surface area (Å²) in [5.74, 6) is 1.32. The van der Waals surface area contributed by atoms with E-state index in [0.717, 1.165) is 16.2 Å². The largest absolute Gasteiger partial charge is 0.497 e. The maximum Gasteiger partial charge on any atom is 0.232 e. The van der Waals surface area contributed by atoms with Gasteiger partial charge in [0, 0.05) is 23.5 Å². The number of nitrogens with zero attached hydrogens (tertiary/aromatic N) is 1. The van der Waals surface area contributed by atoms with Gasteiger partial charge >= 0.3 is 0 Å². The van der Waals surface area contributed by atoms with Gasteiger partial charge in [-0.15, -0.1) is 11.8 Å². The highest BCUT2D eigenvalue weighted by Crippen LogP contribution is 2.21. The lowest BCUT2D eigenvalue weighted by molar-refractivity contribution is -0.127. The molecule has 0 aromatic heterocycles. The van der Waals surface area contributed by atoms with Crippen molar-refractivity contribution in [1.82, 2.24) is 4.90 Å². The van der Waals surface area contributed by atoms with Crippen molar-refractivity contribution < 1.29 is 9.53 Å². The number of methoxy groups -OCH3 is 1. The average molecular weight is 336 g/mol. The van der Waals surface area contributed by atoms with Crippen molar-refractivity contribution in [2.45, 2.75) is 11.4 Å². The minimum absolute atomic E-state index is 0.0933. The van der Waals surface area contributed by atoms with Gasteiger partial charge < -0.3 is 9.64 Å². The van der Waals surface area contributed by atoms with Crippen LogP contribution >= 0.6 is 23.4 Å². The summed E-state index contributed by atoms with van der Waals surface area (Å²) in [6.45, 7) is 0.583. The lowest BCUT2D eigenvalue weighted by Crippen LogP contribution is -2.27. The molecule has 5 heteroatoms. The van der Waals surface area contributed by atoms with E-state index in [1.54, 1.807) is 12.0 Å². The van der Waals surface area contributed by atoms with Crippen LogP contribution in [0.15, 0.2) is 53.4 Å². The molecule has 0 aliphatic carbocycles. The highest BCUT2D eigenvalue weighted by Gasteiger charge is 2.10. The zero-order chi connectivity index (χ0) is 15.9. The van der Waals surface area contributed by atoms with Crippen LogP contribution in [0.3, 0.4) is 0 Å². The van der Waals surface area contributed by atoms with Crippen LogP contribution in [0.1, 0.15) is 5.56 Å². The molecule has 0 saturated heterocycles. The first-order chi connectivity index (χ1) is 10.6. The molecule has 2 aromatic rings. The average Bonchev–Trinajstić information content (AvgIpc) is 2.55. The van der Waals surface area contributed by atoms with Crippen molar-refractivity contribution in [2.75, 3.05) is 19.9 Å². The molecule has 0 fully saturated rings. The third kappa shape index (κ3) is 4.97. The molecule has 0 aliphatic heterocycles. The number of benzene rings is 2. The number of hydrogen-bond acceptors (Lipinski definition) is 3. The van der Waals surface area contributed by atoms with Crippen LogP contribution in [0, 0.1) is 0 Å². The molecule has 116 valence electrons. The summed E-state index contributed by atoms with van der Waals surface area (Å²) in [4.78, 5) is 14.9. The molecule has 0 spiro atoms. The van der Waals surface area contributed by atoms with E-state index in [1.165, 1.54) is 11.8 Å². The van der Waals surface area contributed by atoms with Gasteiger partial charge in [0.05, 0.1) is 12.9 Å². The fourth-order valence-electron chi connectivity index (χ4n) is 1.88. The Bertz CT molecular complexity index is 614. The molecule has 0 N–H and O–H groups in total. The third-order valence-corrected chi connectivity index (χ3v) is 4.43. The van der Waals surface area contributed by atoms with Crippen LogP contribution in [-0.2, 0) is 11.3 Å². The number of carbonyl (C=O) groups excluding carboxylic acids is 1. The molecule has 2 rings (SSSR count). The molecule has 2 aromatic carbocycles. The van der Waals surface area contributed by atoms with E-state index in [4.69, 9.17) is 16.3 Å². The third-order valence-electron chi connectivity index (χ3n) is 3.18. The highest BCUT2D eigenvalue weighted by atomic mass is 35.5. The Labute approximate surface area is 140 Å². The smallest absolute Gasteiger partial charge is 0.232 e. The van der Waals surface area contributed by atoms with Gasteiger partial charge in [-0.3, -0.25) is 4.79 Å². The van der Waals surface area contributed by atoms with Gasteiger partial charge in [-0.05, 0) is 42.0 Å². The first-order valence-corrected chi connectivity index (χ1v) is 8.20. The Morgan fingerprint density at radius 2 is 1.77 bits per heavy atom. The SMILES string of the molecule is COc1ccc(SCC(=O)N(C)Cc2ccc(Cl)cc2)cc1. The van der Waals surface area contributed by atoms with E-state index in [0.29, 0.717) is 17.3 Å². The summed E-state index contributed by atoms with van der Waals surface area (Å²) in [6, 6.07) is 15.2. The first kappa shape index (κ1) is 16.7. The van der Waals surface area contributed by atoms with Crippen molar-refractivity contribution in [3.8, 4) is 5.75 Å². The van der Waals surface area contributed by atoms with E-state index in [-0.39, 0.29) is 5.91 Å². The van der Waals surface area contributed by atoms with Crippen LogP contribution in [0.4, 0.5) is 0 Å². The van der Waals surface area contributed by atoms with Crippen molar-refractivity contribution in [3.63, 3.8) is 0 Å². The quantitative estimate of drug-likeness (QED) is 0.744. The van der Waals surface area contributed by atoms with Gasteiger partial charge in [0.2, 0.25) is 5.91 Å². The number of rotatable bonds is 6. The zero-order valence-corrected chi connectivity index (χ0v) is 14.2. The molecule has 0 aliphatic rings. The standard InChI is InChI=1S/C17H18ClNO2S/c1-19(11-13-3-5-14(18)6-4-13)17(20)12-22-16-9-7-15(21-2)8-10-16/h3-10H,11-12H2,1-2H3. The molecular formula is C17H18ClNO2S. The number of halogens is 1. The molecule has 22 heavy (non-hydrogen) atoms. The molecule has 0 saturated carbocycles. The van der Waals surface area contributed by atoms with Crippen molar-refractivity contribution in [3.05, 3.63) is 59.1 Å². The minimum Gasteiger partial charge on any atom is -0.497 e. The second-order valence-electron chi connectivity index (χ2n) is 4.84. The fourth-order valence-corrected chi connectivity index (χ4v) is 2.84. The van der Waals surface area contributed by atoms with Gasteiger partial charge in [-0.2, -0.15) is 0 Å². The van der Waals surface area contributed by atoms with Gasteiger partial charge in [0.15, 0.2) is 0 Å². The minimum atomic E-state index is 0.0933. The number of amides is 1. The number of thioether (sulfide) groups is 1. The number of ether oxygens (including phenoxy) is 1. The number of hydrogen-bond donors (Lipinski definition) is 0. The maximum atomic E-state index is 12.2. The van der Waals surface area contributed by atoms with Gasteiger partial charge in [-0.1, -0.05) is 23.7 Å². The second-order valence-corrected chi connectivity index (χ2v) is 6.33. The fraction of sp³-hybridized carbons (Fsp3) is 0.235. The first-order valence-electron chi connectivity index (χ1n) is 6.84. The van der Waals surface area contributed by atoms with E-state index in [2.05, 4.69) is 0 Å². The Kier molecular flexibility index (Phi) is 6.16. The summed E-state index contributed by atoms with van der Waals surface area (Å²) in [6.07, 6.45) is 0. The van der Waals surface area contributed by atoms with Gasteiger partial charge in [-0.25, -0.2) is 0 Å². The molecule has 0 radical (unpaired) electrons. The molecule has 0 heterocycles. The lowest BCUT2D eigenvalue weighted by atomic mass is 10.2. The predicted octanol–water partition coefficient (Wildman–Crippen LogP) is 4.10. The summed E-state index contributed by atoms with van der Waals surface area (Å²) >= 11 is 7.38. The van der Waals surface area contributed by atoms with E-state index < -0.39 is 0 Å². The maximum absolute atomic E-state index is 12.2. The van der Waals surface area contributed by atoms with Crippen molar-refractivity contribution >= 4 is 29.3 Å². The monoisotopic (exact) mass is 335 g/mol. The zero-order valence-electron chi connectivity index (χ0n) is 12.6. The second kappa shape index (κ2) is 8.11. The summed E-state index contributed by atoms with van der Waals surface area (Å²) in [7, 11) is 3.45. The van der Waals surface area contributed by atoms with Gasteiger partial charge in [0.25, 0.3) is 0 Å². The van der Waals surface area contributed by atoms with Crippen LogP contribution in [0.2, 0.25) is 5.02 Å². The van der Waals surface area contributed by atoms with Crippen molar-refractivity contribution in [1.29, 1.82) is 0 Å². The van der Waals surface area contributed by atoms with Crippen LogP contribution in [-0.4, -0.2) is 30.7 Å². The topological polar surface area (TPSA) is 29.5 Å². The molecule has 3 nitrogen and oxygen atoms in total. The number of carbonyl (C=O) groups is 1. The Morgan fingerprint density at radius 1 is 1.14 bits per heavy atom. The van der Waals surface area contributed by atoms with E-state index in [9.17, 15) is 4.79 Å². The normalized spacial score (nSPS) is 10.3. The molecular weight excluding hydrogens is 318 g/mol. The van der Waals surface area contributed by atoms with Crippen molar-refractivity contribution in [2.24, 2.45) is 0 Å². The summed E-state index contributed by atoms with van der Waals surface area (Å²) in [5, 5.41) is 0.702. The molecule has 0 bridgehead atoms. The van der Waals surface area contributed by atoms with E-state index in [1.807, 2.05) is 55.6 Å². The van der Waals surface area contributed by atoms with Gasteiger partial charge in [0.1, 0.15) is 5.75 Å². The Hall–Kier alpha value is -1.65. The Morgan fingerprint density at radius 3 is 2.36 bits per heavy atom. The molecule has 0 unspecified atom stereocenters. The molecule has 0 atom stereocenters. The summed E-state index contributed by atoms with van der Waals surface area (Å²) < 4.78 is 5.11.